The van der Waals surface area contributed by atoms with Crippen LogP contribution in [0.5, 0.6) is 5.75 Å². The molecule has 92 valence electrons. The molecule has 1 aliphatic rings. The van der Waals surface area contributed by atoms with Gasteiger partial charge in [-0.3, -0.25) is 4.79 Å². The Kier molecular flexibility index (Phi) is 3.59. The summed E-state index contributed by atoms with van der Waals surface area (Å²) in [6.45, 7) is 2.19. The number of carbonyl (C=O) groups is 1. The first kappa shape index (κ1) is 12.3. The number of anilines is 1. The molecule has 1 aliphatic heterocycles. The lowest BCUT2D eigenvalue weighted by molar-refractivity contribution is -0.120. The standard InChI is InChI=1S/C12H15NO3S/c1-8(6-14)17-9-3-4-11-10(5-9)13(2)12(15)7-16-11/h3-5,8,14H,6-7H2,1-2H3. The van der Waals surface area contributed by atoms with E-state index in [0.717, 1.165) is 16.3 Å². The topological polar surface area (TPSA) is 49.8 Å². The number of fused-ring (bicyclic) bond motifs is 1. The van der Waals surface area contributed by atoms with Crippen molar-refractivity contribution in [1.29, 1.82) is 0 Å². The van der Waals surface area contributed by atoms with Crippen molar-refractivity contribution in [3.8, 4) is 5.75 Å². The number of benzene rings is 1. The zero-order valence-electron chi connectivity index (χ0n) is 9.84. The Morgan fingerprint density at radius 1 is 1.59 bits per heavy atom. The summed E-state index contributed by atoms with van der Waals surface area (Å²) >= 11 is 1.58. The molecule has 0 saturated heterocycles. The van der Waals surface area contributed by atoms with E-state index in [4.69, 9.17) is 9.84 Å². The minimum absolute atomic E-state index is 0.0464. The molecule has 0 aliphatic carbocycles. The molecule has 0 radical (unpaired) electrons. The predicted molar refractivity (Wildman–Crippen MR) is 67.8 cm³/mol. The molecule has 1 aromatic rings. The van der Waals surface area contributed by atoms with Crippen LogP contribution in [-0.2, 0) is 4.79 Å². The molecule has 0 fully saturated rings. The number of ether oxygens (including phenoxy) is 1. The molecule has 1 heterocycles. The molecule has 0 bridgehead atoms. The van der Waals surface area contributed by atoms with Gasteiger partial charge in [0.2, 0.25) is 0 Å². The SMILES string of the molecule is CC(CO)Sc1ccc2c(c1)N(C)C(=O)CO2. The highest BCUT2D eigenvalue weighted by Crippen LogP contribution is 2.35. The molecule has 4 nitrogen and oxygen atoms in total. The molecule has 1 atom stereocenters. The van der Waals surface area contributed by atoms with Crippen molar-refractivity contribution in [2.45, 2.75) is 17.1 Å². The molecule has 2 rings (SSSR count). The zero-order valence-corrected chi connectivity index (χ0v) is 10.7. The Balaban J connectivity index is 2.26. The fourth-order valence-corrected chi connectivity index (χ4v) is 2.46. The monoisotopic (exact) mass is 253 g/mol. The van der Waals surface area contributed by atoms with E-state index in [9.17, 15) is 4.79 Å². The van der Waals surface area contributed by atoms with Gasteiger partial charge in [-0.1, -0.05) is 6.92 Å². The molecule has 1 aromatic carbocycles. The first-order valence-electron chi connectivity index (χ1n) is 5.42. The van der Waals surface area contributed by atoms with E-state index in [1.807, 2.05) is 25.1 Å². The maximum atomic E-state index is 11.5. The average Bonchev–Trinajstić information content (AvgIpc) is 2.34. The van der Waals surface area contributed by atoms with Gasteiger partial charge in [-0.25, -0.2) is 0 Å². The second-order valence-electron chi connectivity index (χ2n) is 3.98. The molecule has 0 spiro atoms. The highest BCUT2D eigenvalue weighted by atomic mass is 32.2. The third-order valence-corrected chi connectivity index (χ3v) is 3.69. The second kappa shape index (κ2) is 4.98. The number of hydrogen-bond acceptors (Lipinski definition) is 4. The summed E-state index contributed by atoms with van der Waals surface area (Å²) in [5.41, 5.74) is 0.788. The summed E-state index contributed by atoms with van der Waals surface area (Å²) in [5.74, 6) is 0.683. The molecular formula is C12H15NO3S. The van der Waals surface area contributed by atoms with E-state index in [-0.39, 0.29) is 24.4 Å². The zero-order chi connectivity index (χ0) is 12.4. The van der Waals surface area contributed by atoms with Gasteiger partial charge in [0.15, 0.2) is 6.61 Å². The normalized spacial score (nSPS) is 16.4. The van der Waals surface area contributed by atoms with E-state index in [1.165, 1.54) is 0 Å². The number of aliphatic hydroxyl groups is 1. The third kappa shape index (κ3) is 2.56. The van der Waals surface area contributed by atoms with Crippen molar-refractivity contribution in [1.82, 2.24) is 0 Å². The van der Waals surface area contributed by atoms with E-state index in [2.05, 4.69) is 0 Å². The predicted octanol–water partition coefficient (Wildman–Crippen LogP) is 1.51. The Hall–Kier alpha value is -1.20. The summed E-state index contributed by atoms with van der Waals surface area (Å²) in [7, 11) is 1.74. The summed E-state index contributed by atoms with van der Waals surface area (Å²) in [5, 5.41) is 9.16. The molecule has 0 aromatic heterocycles. The van der Waals surface area contributed by atoms with E-state index in [1.54, 1.807) is 23.7 Å². The molecule has 1 N–H and O–H groups in total. The molecule has 17 heavy (non-hydrogen) atoms. The lowest BCUT2D eigenvalue weighted by Crippen LogP contribution is -2.35. The van der Waals surface area contributed by atoms with Crippen LogP contribution in [0.4, 0.5) is 5.69 Å². The van der Waals surface area contributed by atoms with Gasteiger partial charge in [0.05, 0.1) is 12.3 Å². The lowest BCUT2D eigenvalue weighted by Gasteiger charge is -2.26. The van der Waals surface area contributed by atoms with Gasteiger partial charge < -0.3 is 14.7 Å². The highest BCUT2D eigenvalue weighted by Gasteiger charge is 2.22. The van der Waals surface area contributed by atoms with Crippen molar-refractivity contribution in [2.75, 3.05) is 25.2 Å². The number of aliphatic hydroxyl groups excluding tert-OH is 1. The smallest absolute Gasteiger partial charge is 0.264 e. The highest BCUT2D eigenvalue weighted by molar-refractivity contribution is 8.00. The van der Waals surface area contributed by atoms with Gasteiger partial charge in [-0.15, -0.1) is 11.8 Å². The van der Waals surface area contributed by atoms with Gasteiger partial charge in [-0.05, 0) is 18.2 Å². The number of rotatable bonds is 3. The van der Waals surface area contributed by atoms with Crippen molar-refractivity contribution < 1.29 is 14.6 Å². The number of nitrogens with zero attached hydrogens (tertiary/aromatic N) is 1. The fourth-order valence-electron chi connectivity index (χ4n) is 1.59. The Labute approximate surface area is 105 Å². The van der Waals surface area contributed by atoms with Crippen LogP contribution in [-0.4, -0.2) is 36.5 Å². The summed E-state index contributed by atoms with van der Waals surface area (Å²) in [4.78, 5) is 14.1. The second-order valence-corrected chi connectivity index (χ2v) is 5.49. The van der Waals surface area contributed by atoms with Gasteiger partial charge in [0.1, 0.15) is 5.75 Å². The molecule has 5 heteroatoms. The van der Waals surface area contributed by atoms with Crippen LogP contribution in [0.1, 0.15) is 6.92 Å². The van der Waals surface area contributed by atoms with Crippen LogP contribution in [0.25, 0.3) is 0 Å². The van der Waals surface area contributed by atoms with Crippen LogP contribution < -0.4 is 9.64 Å². The number of likely N-dealkylation sites (N-methyl/N-ethyl adjacent to an activating group) is 1. The van der Waals surface area contributed by atoms with E-state index >= 15 is 0 Å². The van der Waals surface area contributed by atoms with Crippen molar-refractivity contribution in [2.24, 2.45) is 0 Å². The maximum absolute atomic E-state index is 11.5. The third-order valence-electron chi connectivity index (χ3n) is 2.61. The first-order valence-corrected chi connectivity index (χ1v) is 6.30. The Bertz CT molecular complexity index is 436. The van der Waals surface area contributed by atoms with Crippen LogP contribution in [0.15, 0.2) is 23.1 Å². The van der Waals surface area contributed by atoms with Crippen molar-refractivity contribution >= 4 is 23.4 Å². The molecule has 1 amide bonds. The summed E-state index contributed by atoms with van der Waals surface area (Å²) in [6, 6.07) is 5.73. The lowest BCUT2D eigenvalue weighted by atomic mass is 10.2. The van der Waals surface area contributed by atoms with Gasteiger partial charge in [-0.2, -0.15) is 0 Å². The van der Waals surface area contributed by atoms with Crippen LogP contribution in [0.2, 0.25) is 0 Å². The number of amides is 1. The largest absolute Gasteiger partial charge is 0.482 e. The van der Waals surface area contributed by atoms with Crippen LogP contribution >= 0.6 is 11.8 Å². The summed E-state index contributed by atoms with van der Waals surface area (Å²) in [6.07, 6.45) is 0. The van der Waals surface area contributed by atoms with Crippen molar-refractivity contribution in [3.63, 3.8) is 0 Å². The minimum atomic E-state index is -0.0464. The summed E-state index contributed by atoms with van der Waals surface area (Å²) < 4.78 is 5.34. The van der Waals surface area contributed by atoms with E-state index in [0.29, 0.717) is 0 Å². The van der Waals surface area contributed by atoms with Crippen LogP contribution in [0, 0.1) is 0 Å². The van der Waals surface area contributed by atoms with Crippen molar-refractivity contribution in [3.05, 3.63) is 18.2 Å². The fraction of sp³-hybridized carbons (Fsp3) is 0.417. The molecule has 0 saturated carbocycles. The quantitative estimate of drug-likeness (QED) is 0.830. The first-order chi connectivity index (χ1) is 8.11. The molecular weight excluding hydrogens is 238 g/mol. The number of thioether (sulfide) groups is 1. The average molecular weight is 253 g/mol. The maximum Gasteiger partial charge on any atom is 0.264 e. The Morgan fingerprint density at radius 3 is 3.06 bits per heavy atom. The van der Waals surface area contributed by atoms with Gasteiger partial charge in [0, 0.05) is 17.2 Å². The Morgan fingerprint density at radius 2 is 2.35 bits per heavy atom. The number of hydrogen-bond donors (Lipinski definition) is 1. The number of carbonyl (C=O) groups excluding carboxylic acids is 1. The van der Waals surface area contributed by atoms with E-state index < -0.39 is 0 Å². The minimum Gasteiger partial charge on any atom is -0.482 e. The van der Waals surface area contributed by atoms with Crippen LogP contribution in [0.3, 0.4) is 0 Å². The molecule has 1 unspecified atom stereocenters. The van der Waals surface area contributed by atoms with Gasteiger partial charge >= 0.3 is 0 Å². The van der Waals surface area contributed by atoms with Gasteiger partial charge in [0.25, 0.3) is 5.91 Å².